The SMILES string of the molecule is NCCCNCc1ccc(N2C=C3C=C(CCN)NC3NC2=O)cc1. The highest BCUT2D eigenvalue weighted by atomic mass is 16.2. The topological polar surface area (TPSA) is 108 Å². The third-order valence-corrected chi connectivity index (χ3v) is 4.28. The number of nitrogens with two attached hydrogens (primary N) is 2. The van der Waals surface area contributed by atoms with Gasteiger partial charge in [0.15, 0.2) is 0 Å². The van der Waals surface area contributed by atoms with E-state index in [1.807, 2.05) is 30.5 Å². The molecule has 7 heteroatoms. The van der Waals surface area contributed by atoms with Gasteiger partial charge in [-0.1, -0.05) is 12.1 Å². The van der Waals surface area contributed by atoms with Gasteiger partial charge in [0, 0.05) is 24.0 Å². The van der Waals surface area contributed by atoms with E-state index in [1.165, 1.54) is 5.56 Å². The molecular formula is C18H26N6O. The minimum atomic E-state index is -0.156. The molecule has 0 radical (unpaired) electrons. The van der Waals surface area contributed by atoms with Crippen LogP contribution >= 0.6 is 0 Å². The standard InChI is InChI=1S/C18H26N6O/c19-7-1-9-21-11-13-2-4-16(5-3-13)24-12-14-10-15(6-8-20)22-17(14)23-18(24)25/h2-5,10,12,17,21-22H,1,6-9,11,19-20H2,(H,23,25). The predicted octanol–water partition coefficient (Wildman–Crippen LogP) is 0.701. The highest BCUT2D eigenvalue weighted by molar-refractivity contribution is 5.96. The lowest BCUT2D eigenvalue weighted by molar-refractivity contribution is 0.243. The molecule has 7 N–H and O–H groups in total. The van der Waals surface area contributed by atoms with Crippen molar-refractivity contribution in [3.63, 3.8) is 0 Å². The molecule has 0 fully saturated rings. The summed E-state index contributed by atoms with van der Waals surface area (Å²) < 4.78 is 0. The number of hydrogen-bond donors (Lipinski definition) is 5. The van der Waals surface area contributed by atoms with Gasteiger partial charge in [-0.25, -0.2) is 4.79 Å². The van der Waals surface area contributed by atoms with E-state index < -0.39 is 0 Å². The lowest BCUT2D eigenvalue weighted by Gasteiger charge is -2.29. The molecule has 0 aliphatic carbocycles. The quantitative estimate of drug-likeness (QED) is 0.447. The van der Waals surface area contributed by atoms with Crippen molar-refractivity contribution in [1.82, 2.24) is 16.0 Å². The molecule has 0 bridgehead atoms. The van der Waals surface area contributed by atoms with Crippen LogP contribution in [-0.4, -0.2) is 31.8 Å². The molecule has 25 heavy (non-hydrogen) atoms. The van der Waals surface area contributed by atoms with E-state index in [1.54, 1.807) is 4.90 Å². The van der Waals surface area contributed by atoms with Gasteiger partial charge < -0.3 is 27.4 Å². The number of carbonyl (C=O) groups is 1. The maximum Gasteiger partial charge on any atom is 0.327 e. The summed E-state index contributed by atoms with van der Waals surface area (Å²) in [4.78, 5) is 14.0. The number of nitrogens with one attached hydrogen (secondary N) is 3. The van der Waals surface area contributed by atoms with Gasteiger partial charge in [0.2, 0.25) is 0 Å². The summed E-state index contributed by atoms with van der Waals surface area (Å²) in [6.07, 6.45) is 5.52. The lowest BCUT2D eigenvalue weighted by atomic mass is 10.1. The zero-order chi connectivity index (χ0) is 17.6. The van der Waals surface area contributed by atoms with Gasteiger partial charge >= 0.3 is 6.03 Å². The fourth-order valence-corrected chi connectivity index (χ4v) is 2.95. The van der Waals surface area contributed by atoms with Crippen LogP contribution in [0.15, 0.2) is 47.8 Å². The fraction of sp³-hybridized carbons (Fsp3) is 0.389. The first-order valence-corrected chi connectivity index (χ1v) is 8.69. The van der Waals surface area contributed by atoms with Crippen molar-refractivity contribution in [1.29, 1.82) is 0 Å². The average Bonchev–Trinajstić information content (AvgIpc) is 3.00. The van der Waals surface area contributed by atoms with Crippen LogP contribution < -0.4 is 32.3 Å². The van der Waals surface area contributed by atoms with Crippen LogP contribution in [0.3, 0.4) is 0 Å². The molecule has 1 unspecified atom stereocenters. The molecule has 0 saturated heterocycles. The third kappa shape index (κ3) is 4.19. The minimum absolute atomic E-state index is 0.141. The highest BCUT2D eigenvalue weighted by Crippen LogP contribution is 2.25. The fourth-order valence-electron chi connectivity index (χ4n) is 2.95. The van der Waals surface area contributed by atoms with Gasteiger partial charge in [-0.3, -0.25) is 4.90 Å². The molecule has 1 atom stereocenters. The summed E-state index contributed by atoms with van der Waals surface area (Å²) >= 11 is 0. The van der Waals surface area contributed by atoms with Crippen LogP contribution in [-0.2, 0) is 6.54 Å². The van der Waals surface area contributed by atoms with Crippen LogP contribution in [0.4, 0.5) is 10.5 Å². The smallest absolute Gasteiger partial charge is 0.327 e. The molecule has 0 spiro atoms. The third-order valence-electron chi connectivity index (χ3n) is 4.28. The summed E-state index contributed by atoms with van der Waals surface area (Å²) in [5.74, 6) is 0. The first-order chi connectivity index (χ1) is 12.2. The van der Waals surface area contributed by atoms with Crippen LogP contribution in [0.2, 0.25) is 0 Å². The second-order valence-corrected chi connectivity index (χ2v) is 6.22. The Hall–Kier alpha value is -2.35. The van der Waals surface area contributed by atoms with E-state index in [9.17, 15) is 4.79 Å². The number of nitrogens with zero attached hydrogens (tertiary/aromatic N) is 1. The number of anilines is 1. The molecule has 2 aliphatic rings. The van der Waals surface area contributed by atoms with Gasteiger partial charge in [-0.05, 0) is 56.2 Å². The van der Waals surface area contributed by atoms with Gasteiger partial charge in [0.25, 0.3) is 0 Å². The Balaban J connectivity index is 1.67. The summed E-state index contributed by atoms with van der Waals surface area (Å²) in [5, 5.41) is 9.59. The van der Waals surface area contributed by atoms with E-state index in [4.69, 9.17) is 11.5 Å². The number of benzene rings is 1. The molecule has 2 heterocycles. The van der Waals surface area contributed by atoms with Crippen LogP contribution in [0, 0.1) is 0 Å². The first kappa shape index (κ1) is 17.5. The van der Waals surface area contributed by atoms with Crippen molar-refractivity contribution in [2.75, 3.05) is 24.5 Å². The molecule has 2 amide bonds. The monoisotopic (exact) mass is 342 g/mol. The Morgan fingerprint density at radius 2 is 1.92 bits per heavy atom. The first-order valence-electron chi connectivity index (χ1n) is 8.69. The molecule has 0 aromatic heterocycles. The molecule has 2 aliphatic heterocycles. The Bertz CT molecular complexity index is 667. The maximum absolute atomic E-state index is 12.4. The van der Waals surface area contributed by atoms with Gasteiger partial charge in [0.1, 0.15) is 6.17 Å². The number of rotatable bonds is 8. The van der Waals surface area contributed by atoms with Crippen molar-refractivity contribution < 1.29 is 4.79 Å². The van der Waals surface area contributed by atoms with Crippen molar-refractivity contribution in [2.24, 2.45) is 11.5 Å². The number of urea groups is 1. The summed E-state index contributed by atoms with van der Waals surface area (Å²) in [5.41, 5.74) is 15.2. The lowest BCUT2D eigenvalue weighted by Crippen LogP contribution is -2.51. The van der Waals surface area contributed by atoms with Crippen LogP contribution in [0.5, 0.6) is 0 Å². The molecular weight excluding hydrogens is 316 g/mol. The van der Waals surface area contributed by atoms with Crippen molar-refractivity contribution in [3.8, 4) is 0 Å². The largest absolute Gasteiger partial charge is 0.365 e. The minimum Gasteiger partial charge on any atom is -0.365 e. The molecule has 134 valence electrons. The van der Waals surface area contributed by atoms with Crippen molar-refractivity contribution in [3.05, 3.63) is 53.4 Å². The number of carbonyl (C=O) groups excluding carboxylic acids is 1. The Morgan fingerprint density at radius 3 is 2.64 bits per heavy atom. The van der Waals surface area contributed by atoms with E-state index >= 15 is 0 Å². The predicted molar refractivity (Wildman–Crippen MR) is 99.6 cm³/mol. The zero-order valence-corrected chi connectivity index (χ0v) is 14.3. The van der Waals surface area contributed by atoms with E-state index in [2.05, 4.69) is 22.0 Å². The normalized spacial score (nSPS) is 19.0. The Kier molecular flexibility index (Phi) is 5.70. The number of amides is 2. The van der Waals surface area contributed by atoms with Crippen LogP contribution in [0.1, 0.15) is 18.4 Å². The molecule has 1 aromatic rings. The van der Waals surface area contributed by atoms with Crippen molar-refractivity contribution in [2.45, 2.75) is 25.6 Å². The summed E-state index contributed by atoms with van der Waals surface area (Å²) in [6, 6.07) is 7.85. The second kappa shape index (κ2) is 8.15. The second-order valence-electron chi connectivity index (χ2n) is 6.22. The molecule has 1 aromatic carbocycles. The van der Waals surface area contributed by atoms with Crippen LogP contribution in [0.25, 0.3) is 0 Å². The Labute approximate surface area is 148 Å². The number of hydrogen-bond acceptors (Lipinski definition) is 5. The average molecular weight is 342 g/mol. The van der Waals surface area contributed by atoms with Crippen molar-refractivity contribution >= 4 is 11.7 Å². The number of fused-ring (bicyclic) bond motifs is 1. The van der Waals surface area contributed by atoms with E-state index in [0.29, 0.717) is 13.1 Å². The van der Waals surface area contributed by atoms with Gasteiger partial charge in [0.05, 0.1) is 5.69 Å². The van der Waals surface area contributed by atoms with E-state index in [0.717, 1.165) is 42.9 Å². The molecule has 3 rings (SSSR count). The van der Waals surface area contributed by atoms with E-state index in [-0.39, 0.29) is 12.2 Å². The zero-order valence-electron chi connectivity index (χ0n) is 14.3. The highest BCUT2D eigenvalue weighted by Gasteiger charge is 2.30. The molecule has 7 nitrogen and oxygen atoms in total. The maximum atomic E-state index is 12.4. The molecule has 0 saturated carbocycles. The van der Waals surface area contributed by atoms with Gasteiger partial charge in [-0.15, -0.1) is 0 Å². The van der Waals surface area contributed by atoms with Gasteiger partial charge in [-0.2, -0.15) is 0 Å². The Morgan fingerprint density at radius 1 is 1.12 bits per heavy atom. The summed E-state index contributed by atoms with van der Waals surface area (Å²) in [6.45, 7) is 2.98. The summed E-state index contributed by atoms with van der Waals surface area (Å²) in [7, 11) is 0.